The Morgan fingerprint density at radius 3 is 3.12 bits per heavy atom. The van der Waals surface area contributed by atoms with E-state index in [0.717, 1.165) is 19.3 Å². The van der Waals surface area contributed by atoms with E-state index in [2.05, 4.69) is 11.9 Å². The molecule has 2 N–H and O–H groups in total. The standard InChI is InChI=1S/C13H16ClNO/c1-9(14)8-15-13-4-2-3-10-7-11(16)5-6-12(10)13/h5-7,13,15-16H,1-4,8H2. The first-order valence-electron chi connectivity index (χ1n) is 5.55. The van der Waals surface area contributed by atoms with Crippen LogP contribution in [0.25, 0.3) is 0 Å². The van der Waals surface area contributed by atoms with Gasteiger partial charge in [0.1, 0.15) is 5.75 Å². The van der Waals surface area contributed by atoms with Crippen LogP contribution in [0.4, 0.5) is 0 Å². The van der Waals surface area contributed by atoms with Crippen molar-refractivity contribution in [3.63, 3.8) is 0 Å². The smallest absolute Gasteiger partial charge is 0.115 e. The molecule has 0 radical (unpaired) electrons. The molecule has 0 heterocycles. The van der Waals surface area contributed by atoms with Gasteiger partial charge in [0.05, 0.1) is 0 Å². The number of rotatable bonds is 3. The zero-order valence-electron chi connectivity index (χ0n) is 9.17. The molecule has 2 rings (SSSR count). The third-order valence-electron chi connectivity index (χ3n) is 2.98. The summed E-state index contributed by atoms with van der Waals surface area (Å²) in [6.45, 7) is 4.30. The average Bonchev–Trinajstić information content (AvgIpc) is 2.25. The van der Waals surface area contributed by atoms with Gasteiger partial charge in [-0.1, -0.05) is 24.2 Å². The maximum atomic E-state index is 9.44. The molecular weight excluding hydrogens is 222 g/mol. The fourth-order valence-electron chi connectivity index (χ4n) is 2.25. The second-order valence-electron chi connectivity index (χ2n) is 4.23. The number of hydrogen-bond donors (Lipinski definition) is 2. The van der Waals surface area contributed by atoms with Crippen LogP contribution < -0.4 is 5.32 Å². The third-order valence-corrected chi connectivity index (χ3v) is 3.11. The van der Waals surface area contributed by atoms with Gasteiger partial charge in [0.25, 0.3) is 0 Å². The highest BCUT2D eigenvalue weighted by Gasteiger charge is 2.19. The number of halogens is 1. The molecule has 0 fully saturated rings. The predicted octanol–water partition coefficient (Wildman–Crippen LogP) is 3.11. The molecule has 1 aliphatic carbocycles. The molecule has 16 heavy (non-hydrogen) atoms. The molecule has 86 valence electrons. The molecule has 0 aliphatic heterocycles. The SMILES string of the molecule is C=C(Cl)CNC1CCCc2cc(O)ccc21. The summed E-state index contributed by atoms with van der Waals surface area (Å²) in [7, 11) is 0. The number of aromatic hydroxyl groups is 1. The number of fused-ring (bicyclic) bond motifs is 1. The Hall–Kier alpha value is -0.990. The Morgan fingerprint density at radius 2 is 2.38 bits per heavy atom. The number of phenols is 1. The molecule has 0 amide bonds. The van der Waals surface area contributed by atoms with E-state index in [-0.39, 0.29) is 0 Å². The lowest BCUT2D eigenvalue weighted by Crippen LogP contribution is -2.26. The van der Waals surface area contributed by atoms with Crippen molar-refractivity contribution in [3.8, 4) is 5.75 Å². The maximum absolute atomic E-state index is 9.44. The fraction of sp³-hybridized carbons (Fsp3) is 0.385. The summed E-state index contributed by atoms with van der Waals surface area (Å²) in [5, 5.41) is 13.5. The summed E-state index contributed by atoms with van der Waals surface area (Å²) in [4.78, 5) is 0. The monoisotopic (exact) mass is 237 g/mol. The minimum Gasteiger partial charge on any atom is -0.508 e. The third kappa shape index (κ3) is 2.57. The predicted molar refractivity (Wildman–Crippen MR) is 66.8 cm³/mol. The Kier molecular flexibility index (Phi) is 3.52. The number of aryl methyl sites for hydroxylation is 1. The minimum atomic E-state index is 0.333. The summed E-state index contributed by atoms with van der Waals surface area (Å²) >= 11 is 5.75. The van der Waals surface area contributed by atoms with Crippen LogP contribution in [0.15, 0.2) is 29.8 Å². The van der Waals surface area contributed by atoms with E-state index in [1.807, 2.05) is 12.1 Å². The molecule has 0 saturated carbocycles. The van der Waals surface area contributed by atoms with Crippen molar-refractivity contribution in [1.82, 2.24) is 5.32 Å². The zero-order chi connectivity index (χ0) is 11.5. The van der Waals surface area contributed by atoms with Gasteiger partial charge in [-0.25, -0.2) is 0 Å². The Labute approximate surface area is 101 Å². The summed E-state index contributed by atoms with van der Waals surface area (Å²) in [5.74, 6) is 0.348. The number of hydrogen-bond acceptors (Lipinski definition) is 2. The van der Waals surface area contributed by atoms with Crippen LogP contribution >= 0.6 is 11.6 Å². The first-order valence-corrected chi connectivity index (χ1v) is 5.93. The molecule has 3 heteroatoms. The topological polar surface area (TPSA) is 32.3 Å². The van der Waals surface area contributed by atoms with E-state index in [9.17, 15) is 5.11 Å². The van der Waals surface area contributed by atoms with Crippen molar-refractivity contribution in [1.29, 1.82) is 0 Å². The van der Waals surface area contributed by atoms with Crippen LogP contribution in [0, 0.1) is 0 Å². The molecule has 1 aromatic rings. The first kappa shape index (κ1) is 11.5. The van der Waals surface area contributed by atoms with Gasteiger partial charge in [-0.2, -0.15) is 0 Å². The van der Waals surface area contributed by atoms with Crippen molar-refractivity contribution in [2.45, 2.75) is 25.3 Å². The van der Waals surface area contributed by atoms with Crippen molar-refractivity contribution >= 4 is 11.6 Å². The first-order chi connectivity index (χ1) is 7.66. The fourth-order valence-corrected chi connectivity index (χ4v) is 2.32. The van der Waals surface area contributed by atoms with E-state index in [0.29, 0.717) is 23.4 Å². The van der Waals surface area contributed by atoms with E-state index >= 15 is 0 Å². The van der Waals surface area contributed by atoms with E-state index < -0.39 is 0 Å². The highest BCUT2D eigenvalue weighted by atomic mass is 35.5. The van der Waals surface area contributed by atoms with Gasteiger partial charge in [0.15, 0.2) is 0 Å². The van der Waals surface area contributed by atoms with Gasteiger partial charge in [-0.3, -0.25) is 0 Å². The van der Waals surface area contributed by atoms with Crippen LogP contribution in [-0.4, -0.2) is 11.7 Å². The molecule has 0 saturated heterocycles. The zero-order valence-corrected chi connectivity index (χ0v) is 9.93. The Bertz CT molecular complexity index is 403. The van der Waals surface area contributed by atoms with Crippen LogP contribution in [0.5, 0.6) is 5.75 Å². The van der Waals surface area contributed by atoms with Gasteiger partial charge in [-0.15, -0.1) is 0 Å². The van der Waals surface area contributed by atoms with Crippen LogP contribution in [0.3, 0.4) is 0 Å². The van der Waals surface area contributed by atoms with Gasteiger partial charge >= 0.3 is 0 Å². The average molecular weight is 238 g/mol. The highest BCUT2D eigenvalue weighted by molar-refractivity contribution is 6.29. The lowest BCUT2D eigenvalue weighted by molar-refractivity contribution is 0.460. The second-order valence-corrected chi connectivity index (χ2v) is 4.76. The van der Waals surface area contributed by atoms with Crippen LogP contribution in [-0.2, 0) is 6.42 Å². The molecule has 1 aromatic carbocycles. The van der Waals surface area contributed by atoms with E-state index in [4.69, 9.17) is 11.6 Å². The van der Waals surface area contributed by atoms with Crippen molar-refractivity contribution in [3.05, 3.63) is 40.9 Å². The van der Waals surface area contributed by atoms with E-state index in [1.54, 1.807) is 6.07 Å². The quantitative estimate of drug-likeness (QED) is 0.847. The molecule has 1 atom stereocenters. The lowest BCUT2D eigenvalue weighted by atomic mass is 9.87. The number of phenolic OH excluding ortho intramolecular Hbond substituents is 1. The minimum absolute atomic E-state index is 0.333. The summed E-state index contributed by atoms with van der Waals surface area (Å²) in [5.41, 5.74) is 2.52. The number of benzene rings is 1. The molecule has 1 aliphatic rings. The van der Waals surface area contributed by atoms with Crippen molar-refractivity contribution in [2.24, 2.45) is 0 Å². The molecular formula is C13H16ClNO. The summed E-state index contributed by atoms with van der Waals surface area (Å²) in [6.07, 6.45) is 3.30. The van der Waals surface area contributed by atoms with Crippen LogP contribution in [0.2, 0.25) is 0 Å². The van der Waals surface area contributed by atoms with Gasteiger partial charge in [-0.05, 0) is 42.5 Å². The molecule has 1 unspecified atom stereocenters. The Balaban J connectivity index is 2.16. The summed E-state index contributed by atoms with van der Waals surface area (Å²) < 4.78 is 0. The molecule has 2 nitrogen and oxygen atoms in total. The Morgan fingerprint density at radius 1 is 1.56 bits per heavy atom. The van der Waals surface area contributed by atoms with Gasteiger partial charge in [0.2, 0.25) is 0 Å². The van der Waals surface area contributed by atoms with Gasteiger partial charge < -0.3 is 10.4 Å². The van der Waals surface area contributed by atoms with Crippen molar-refractivity contribution < 1.29 is 5.11 Å². The van der Waals surface area contributed by atoms with Crippen molar-refractivity contribution in [2.75, 3.05) is 6.54 Å². The summed E-state index contributed by atoms with van der Waals surface area (Å²) in [6, 6.07) is 5.94. The number of nitrogens with one attached hydrogen (secondary N) is 1. The lowest BCUT2D eigenvalue weighted by Gasteiger charge is -2.26. The maximum Gasteiger partial charge on any atom is 0.115 e. The van der Waals surface area contributed by atoms with E-state index in [1.165, 1.54) is 11.1 Å². The molecule has 0 bridgehead atoms. The van der Waals surface area contributed by atoms with Crippen LogP contribution in [0.1, 0.15) is 30.0 Å². The molecule has 0 spiro atoms. The second kappa shape index (κ2) is 4.89. The highest BCUT2D eigenvalue weighted by Crippen LogP contribution is 2.31. The normalized spacial score (nSPS) is 19.2. The van der Waals surface area contributed by atoms with Gasteiger partial charge in [0, 0.05) is 17.6 Å². The largest absolute Gasteiger partial charge is 0.508 e. The molecule has 0 aromatic heterocycles.